The molecule has 1 fully saturated rings. The van der Waals surface area contributed by atoms with E-state index in [2.05, 4.69) is 10.3 Å². The molecular weight excluding hydrogens is 402 g/mol. The Morgan fingerprint density at radius 3 is 2.93 bits per heavy atom. The van der Waals surface area contributed by atoms with Crippen LogP contribution in [0.15, 0.2) is 26.4 Å². The maximum Gasteiger partial charge on any atom is 0.353 e. The number of aliphatic carboxylic acids is 1. The smallest absolute Gasteiger partial charge is 0.353 e. The van der Waals surface area contributed by atoms with Crippen LogP contribution in [-0.4, -0.2) is 68.4 Å². The topological polar surface area (TPSA) is 123 Å². The van der Waals surface area contributed by atoms with Gasteiger partial charge in [0.15, 0.2) is 4.34 Å². The van der Waals surface area contributed by atoms with E-state index < -0.39 is 18.0 Å². The Morgan fingerprint density at radius 1 is 1.54 bits per heavy atom. The zero-order valence-electron chi connectivity index (χ0n) is 15.3. The maximum absolute atomic E-state index is 12.4. The highest BCUT2D eigenvalue weighted by Gasteiger charge is 2.60. The van der Waals surface area contributed by atoms with Crippen LogP contribution in [0.1, 0.15) is 19.5 Å². The number of carboxylic acids is 1. The maximum atomic E-state index is 12.4. The van der Waals surface area contributed by atoms with Crippen molar-refractivity contribution in [1.29, 1.82) is 0 Å². The third kappa shape index (κ3) is 2.91. The van der Waals surface area contributed by atoms with Gasteiger partial charge in [-0.05, 0) is 12.5 Å². The number of hydrogen-bond acceptors (Lipinski definition) is 8. The van der Waals surface area contributed by atoms with Gasteiger partial charge in [0, 0.05) is 22.7 Å². The van der Waals surface area contributed by atoms with Crippen molar-refractivity contribution in [2.45, 2.75) is 36.4 Å². The lowest BCUT2D eigenvalue weighted by molar-refractivity contribution is -0.163. The molecule has 1 saturated heterocycles. The first-order valence-electron chi connectivity index (χ1n) is 9.01. The number of nitrogens with zero attached hydrogens (tertiary/aromatic N) is 2. The predicted octanol–water partition coefficient (Wildman–Crippen LogP) is 0.736. The summed E-state index contributed by atoms with van der Waals surface area (Å²) in [5.74, 6) is -2.26. The van der Waals surface area contributed by atoms with E-state index in [0.29, 0.717) is 15.8 Å². The van der Waals surface area contributed by atoms with Crippen LogP contribution in [0.4, 0.5) is 0 Å². The number of aliphatic hydroxyl groups excluding tert-OH is 2. The molecule has 8 nitrogen and oxygen atoms in total. The van der Waals surface area contributed by atoms with Gasteiger partial charge in [-0.1, -0.05) is 24.8 Å². The largest absolute Gasteiger partial charge is 0.477 e. The van der Waals surface area contributed by atoms with Crippen molar-refractivity contribution in [3.63, 3.8) is 0 Å². The van der Waals surface area contributed by atoms with E-state index in [-0.39, 0.29) is 36.2 Å². The molecule has 4 rings (SSSR count). The summed E-state index contributed by atoms with van der Waals surface area (Å²) in [5, 5.41) is 34.1. The van der Waals surface area contributed by atoms with Gasteiger partial charge in [0.05, 0.1) is 36.4 Å². The zero-order chi connectivity index (χ0) is 20.2. The van der Waals surface area contributed by atoms with Crippen LogP contribution in [0.25, 0.3) is 5.57 Å². The first-order chi connectivity index (χ1) is 13.3. The molecule has 3 aliphatic rings. The van der Waals surface area contributed by atoms with E-state index in [1.165, 1.54) is 28.0 Å². The number of rotatable bonds is 6. The quantitative estimate of drug-likeness (QED) is 0.494. The standard InChI is InChI=1S/C18H21N3O5S2/c1-7-13-12(8(2)23)16(24)21(13)14(17(25)26)15(7)28-18-20-11(6-27-18)9-3-4-19-10(9)5-22/h3,6-8,10,12-13,19,22-23H,4-5H2,1-2H3,(H,25,26)/t7-,8-,10?,12-,13?/m1/s1. The molecule has 1 amide bonds. The third-order valence-corrected chi connectivity index (χ3v) is 7.76. The van der Waals surface area contributed by atoms with Crippen molar-refractivity contribution in [2.24, 2.45) is 11.8 Å². The summed E-state index contributed by atoms with van der Waals surface area (Å²) in [6.07, 6.45) is 1.17. The monoisotopic (exact) mass is 423 g/mol. The van der Waals surface area contributed by atoms with Crippen LogP contribution >= 0.6 is 23.1 Å². The minimum Gasteiger partial charge on any atom is -0.477 e. The van der Waals surface area contributed by atoms with Crippen LogP contribution in [0.5, 0.6) is 0 Å². The number of nitrogens with one attached hydrogen (secondary N) is 1. The molecule has 0 radical (unpaired) electrons. The lowest BCUT2D eigenvalue weighted by Gasteiger charge is -2.46. The van der Waals surface area contributed by atoms with Crippen LogP contribution < -0.4 is 5.32 Å². The van der Waals surface area contributed by atoms with E-state index in [1.54, 1.807) is 6.92 Å². The summed E-state index contributed by atoms with van der Waals surface area (Å²) in [6.45, 7) is 4.10. The molecule has 5 atom stereocenters. The summed E-state index contributed by atoms with van der Waals surface area (Å²) in [4.78, 5) is 30.8. The molecule has 28 heavy (non-hydrogen) atoms. The fraction of sp³-hybridized carbons (Fsp3) is 0.500. The number of carboxylic acid groups (broad SMARTS) is 1. The molecule has 0 saturated carbocycles. The molecule has 3 aliphatic heterocycles. The SMILES string of the molecule is C[C@H]1C(Sc2nc(C3=CCNC3CO)cs2)=C(C(=O)O)N2C(=O)[C@H]([C@@H](C)O)C12. The Bertz CT molecular complexity index is 894. The lowest BCUT2D eigenvalue weighted by Crippen LogP contribution is -2.63. The number of carbonyl (C=O) groups is 2. The lowest BCUT2D eigenvalue weighted by atomic mass is 9.79. The highest BCUT2D eigenvalue weighted by atomic mass is 32.2. The van der Waals surface area contributed by atoms with Crippen molar-refractivity contribution in [3.05, 3.63) is 27.8 Å². The molecule has 0 aliphatic carbocycles. The zero-order valence-corrected chi connectivity index (χ0v) is 17.0. The second-order valence-corrected chi connectivity index (χ2v) is 9.32. The normalized spacial score (nSPS) is 30.4. The highest BCUT2D eigenvalue weighted by Crippen LogP contribution is 2.52. The third-order valence-electron chi connectivity index (χ3n) is 5.53. The Morgan fingerprint density at radius 2 is 2.29 bits per heavy atom. The molecule has 2 unspecified atom stereocenters. The number of thiazole rings is 1. The van der Waals surface area contributed by atoms with Crippen molar-refractivity contribution in [1.82, 2.24) is 15.2 Å². The van der Waals surface area contributed by atoms with E-state index >= 15 is 0 Å². The van der Waals surface area contributed by atoms with Gasteiger partial charge in [0.1, 0.15) is 5.70 Å². The van der Waals surface area contributed by atoms with Gasteiger partial charge in [-0.25, -0.2) is 9.78 Å². The number of thioether (sulfide) groups is 1. The predicted molar refractivity (Wildman–Crippen MR) is 104 cm³/mol. The molecule has 10 heteroatoms. The van der Waals surface area contributed by atoms with E-state index in [0.717, 1.165) is 11.3 Å². The first kappa shape index (κ1) is 19.6. The Hall–Kier alpha value is -1.72. The van der Waals surface area contributed by atoms with Gasteiger partial charge < -0.3 is 25.5 Å². The summed E-state index contributed by atoms with van der Waals surface area (Å²) < 4.78 is 0.684. The number of aliphatic hydroxyl groups is 2. The molecule has 0 aromatic carbocycles. The van der Waals surface area contributed by atoms with Gasteiger partial charge in [0.2, 0.25) is 5.91 Å². The minimum atomic E-state index is -1.14. The van der Waals surface area contributed by atoms with Crippen LogP contribution in [0.2, 0.25) is 0 Å². The van der Waals surface area contributed by atoms with Crippen molar-refractivity contribution in [2.75, 3.05) is 13.2 Å². The summed E-state index contributed by atoms with van der Waals surface area (Å²) in [7, 11) is 0. The number of fused-ring (bicyclic) bond motifs is 1. The highest BCUT2D eigenvalue weighted by molar-refractivity contribution is 8.04. The van der Waals surface area contributed by atoms with Gasteiger partial charge >= 0.3 is 5.97 Å². The average Bonchev–Trinajstić information content (AvgIpc) is 3.33. The number of hydrogen-bond donors (Lipinski definition) is 4. The molecular formula is C18H21N3O5S2. The molecule has 4 heterocycles. The fourth-order valence-electron chi connectivity index (χ4n) is 4.20. The number of β-lactam (4-membered cyclic amide) rings is 1. The Labute approximate surface area is 170 Å². The van der Waals surface area contributed by atoms with Gasteiger partial charge in [-0.2, -0.15) is 0 Å². The van der Waals surface area contributed by atoms with Crippen LogP contribution in [0, 0.1) is 11.8 Å². The molecule has 4 N–H and O–H groups in total. The van der Waals surface area contributed by atoms with Crippen molar-refractivity contribution >= 4 is 40.5 Å². The van der Waals surface area contributed by atoms with E-state index in [4.69, 9.17) is 0 Å². The van der Waals surface area contributed by atoms with Crippen molar-refractivity contribution < 1.29 is 24.9 Å². The summed E-state index contributed by atoms with van der Waals surface area (Å²) >= 11 is 2.67. The molecule has 0 spiro atoms. The van der Waals surface area contributed by atoms with Crippen LogP contribution in [0.3, 0.4) is 0 Å². The molecule has 0 bridgehead atoms. The Kier molecular flexibility index (Phi) is 5.09. The van der Waals surface area contributed by atoms with Crippen molar-refractivity contribution in [3.8, 4) is 0 Å². The summed E-state index contributed by atoms with van der Waals surface area (Å²) in [5.41, 5.74) is 1.70. The first-order valence-corrected chi connectivity index (χ1v) is 10.7. The van der Waals surface area contributed by atoms with E-state index in [9.17, 15) is 24.9 Å². The average molecular weight is 424 g/mol. The molecule has 1 aromatic heterocycles. The van der Waals surface area contributed by atoms with Gasteiger partial charge in [0.25, 0.3) is 0 Å². The second-order valence-electron chi connectivity index (χ2n) is 7.18. The molecule has 150 valence electrons. The molecule has 1 aromatic rings. The van der Waals surface area contributed by atoms with Gasteiger partial charge in [-0.3, -0.25) is 4.79 Å². The fourth-order valence-corrected chi connectivity index (χ4v) is 6.30. The minimum absolute atomic E-state index is 0.00358. The van der Waals surface area contributed by atoms with Crippen LogP contribution in [-0.2, 0) is 9.59 Å². The van der Waals surface area contributed by atoms with Gasteiger partial charge in [-0.15, -0.1) is 11.3 Å². The van der Waals surface area contributed by atoms with E-state index in [1.807, 2.05) is 18.4 Å². The summed E-state index contributed by atoms with van der Waals surface area (Å²) in [6, 6.07) is -0.480. The number of amides is 1. The second kappa shape index (κ2) is 7.27. The number of aromatic nitrogens is 1. The number of carbonyl (C=O) groups excluding carboxylic acids is 1. The Balaban J connectivity index is 1.61.